The fourth-order valence-electron chi connectivity index (χ4n) is 4.92. The van der Waals surface area contributed by atoms with Gasteiger partial charge in [0.1, 0.15) is 36.8 Å². The zero-order valence-corrected chi connectivity index (χ0v) is 29.6. The largest absolute Gasteiger partial charge is 0.462 e. The average molecular weight is 705 g/mol. The normalized spacial score (nSPS) is 22.5. The van der Waals surface area contributed by atoms with Crippen molar-refractivity contribution in [1.82, 2.24) is 0 Å². The Morgan fingerprint density at radius 1 is 0.708 bits per heavy atom. The minimum absolute atomic E-state index is 0.0507. The first kappa shape index (κ1) is 43.9. The van der Waals surface area contributed by atoms with Crippen molar-refractivity contribution in [3.63, 3.8) is 0 Å². The van der Waals surface area contributed by atoms with Crippen LogP contribution in [0.3, 0.4) is 0 Å². The number of carbonyl (C=O) groups is 2. The van der Waals surface area contributed by atoms with E-state index in [1.807, 2.05) is 24.3 Å². The number of rotatable bonds is 27. The van der Waals surface area contributed by atoms with E-state index in [1.165, 1.54) is 38.5 Å². The first-order valence-corrected chi connectivity index (χ1v) is 19.2. The Balaban J connectivity index is 2.63. The standard InChI is InChI=1S/C35H60O12S/c1-3-5-7-9-11-12-13-14-15-16-18-20-22-24-31(37)46-28(25-44-30(36)23-21-19-17-10-8-6-4-2)26-45-35-34(40)33(39)32(38)29(47-35)27-48(41,42)43/h14-15,17-20,28-29,32-35,38-40H,3-13,16,21-27H2,1-2H3,(H,41,42,43)/b15-14+,19-17+,20-18+/t28?,29-,32-,33?,34?,35+/m1/s1. The predicted molar refractivity (Wildman–Crippen MR) is 183 cm³/mol. The lowest BCUT2D eigenvalue weighted by molar-refractivity contribution is -0.297. The van der Waals surface area contributed by atoms with Crippen LogP contribution in [0.2, 0.25) is 0 Å². The molecule has 6 atom stereocenters. The van der Waals surface area contributed by atoms with Crippen molar-refractivity contribution in [2.24, 2.45) is 0 Å². The number of aliphatic hydroxyl groups excluding tert-OH is 3. The molecule has 13 heteroatoms. The number of allylic oxidation sites excluding steroid dienone is 6. The van der Waals surface area contributed by atoms with E-state index < -0.39 is 71.2 Å². The van der Waals surface area contributed by atoms with Crippen LogP contribution in [0, 0.1) is 0 Å². The first-order valence-electron chi connectivity index (χ1n) is 17.5. The maximum absolute atomic E-state index is 12.6. The first-order chi connectivity index (χ1) is 23.0. The Labute approximate surface area is 287 Å². The number of unbranched alkanes of at least 4 members (excludes halogenated alkanes) is 9. The van der Waals surface area contributed by atoms with Crippen LogP contribution in [0.5, 0.6) is 0 Å². The molecule has 1 aliphatic heterocycles. The molecule has 0 saturated carbocycles. The van der Waals surface area contributed by atoms with E-state index in [1.54, 1.807) is 0 Å². The van der Waals surface area contributed by atoms with Gasteiger partial charge in [-0.2, -0.15) is 8.42 Å². The van der Waals surface area contributed by atoms with Crippen LogP contribution < -0.4 is 0 Å². The summed E-state index contributed by atoms with van der Waals surface area (Å²) >= 11 is 0. The Bertz CT molecular complexity index is 1060. The maximum atomic E-state index is 12.6. The molecule has 1 heterocycles. The Morgan fingerprint density at radius 2 is 1.25 bits per heavy atom. The second-order valence-corrected chi connectivity index (χ2v) is 13.7. The number of hydrogen-bond donors (Lipinski definition) is 4. The van der Waals surface area contributed by atoms with Gasteiger partial charge in [-0.25, -0.2) is 0 Å². The predicted octanol–water partition coefficient (Wildman–Crippen LogP) is 5.10. The molecule has 0 aliphatic carbocycles. The van der Waals surface area contributed by atoms with E-state index in [9.17, 15) is 33.3 Å². The monoisotopic (exact) mass is 704 g/mol. The van der Waals surface area contributed by atoms with Crippen molar-refractivity contribution in [1.29, 1.82) is 0 Å². The molecule has 1 rings (SSSR count). The summed E-state index contributed by atoms with van der Waals surface area (Å²) in [6, 6.07) is 0. The molecule has 48 heavy (non-hydrogen) atoms. The fraction of sp³-hybridized carbons (Fsp3) is 0.771. The summed E-state index contributed by atoms with van der Waals surface area (Å²) in [6.07, 6.45) is 17.0. The number of ether oxygens (including phenoxy) is 4. The highest BCUT2D eigenvalue weighted by Gasteiger charge is 2.46. The highest BCUT2D eigenvalue weighted by Crippen LogP contribution is 2.23. The van der Waals surface area contributed by atoms with Gasteiger partial charge in [-0.15, -0.1) is 0 Å². The van der Waals surface area contributed by atoms with Crippen LogP contribution >= 0.6 is 0 Å². The summed E-state index contributed by atoms with van der Waals surface area (Å²) in [5.74, 6) is -2.14. The lowest BCUT2D eigenvalue weighted by atomic mass is 10.00. The van der Waals surface area contributed by atoms with Crippen LogP contribution in [0.25, 0.3) is 0 Å². The Hall–Kier alpha value is -2.13. The van der Waals surface area contributed by atoms with E-state index in [0.29, 0.717) is 12.8 Å². The molecule has 4 N–H and O–H groups in total. The number of esters is 2. The topological polar surface area (TPSA) is 186 Å². The van der Waals surface area contributed by atoms with E-state index in [2.05, 4.69) is 26.0 Å². The van der Waals surface area contributed by atoms with Crippen molar-refractivity contribution in [3.05, 3.63) is 36.5 Å². The van der Waals surface area contributed by atoms with Crippen molar-refractivity contribution in [2.45, 2.75) is 153 Å². The third-order valence-electron chi connectivity index (χ3n) is 7.72. The van der Waals surface area contributed by atoms with Gasteiger partial charge in [0.2, 0.25) is 0 Å². The smallest absolute Gasteiger partial charge is 0.306 e. The van der Waals surface area contributed by atoms with E-state index in [4.69, 9.17) is 23.5 Å². The lowest BCUT2D eigenvalue weighted by Crippen LogP contribution is -2.60. The number of aliphatic hydroxyl groups is 3. The highest BCUT2D eigenvalue weighted by molar-refractivity contribution is 7.85. The fourth-order valence-corrected chi connectivity index (χ4v) is 5.61. The molecule has 0 bridgehead atoms. The zero-order chi connectivity index (χ0) is 35.6. The second-order valence-electron chi connectivity index (χ2n) is 12.2. The molecular weight excluding hydrogens is 644 g/mol. The molecule has 0 radical (unpaired) electrons. The molecular formula is C35H60O12S. The summed E-state index contributed by atoms with van der Waals surface area (Å²) in [4.78, 5) is 24.9. The second kappa shape index (κ2) is 26.7. The van der Waals surface area contributed by atoms with Crippen LogP contribution in [0.1, 0.15) is 117 Å². The van der Waals surface area contributed by atoms with Gasteiger partial charge in [-0.3, -0.25) is 14.1 Å². The highest BCUT2D eigenvalue weighted by atomic mass is 32.2. The van der Waals surface area contributed by atoms with Crippen LogP contribution in [0.4, 0.5) is 0 Å². The van der Waals surface area contributed by atoms with Gasteiger partial charge in [0.15, 0.2) is 12.4 Å². The minimum atomic E-state index is -4.60. The van der Waals surface area contributed by atoms with Crippen molar-refractivity contribution >= 4 is 22.1 Å². The minimum Gasteiger partial charge on any atom is -0.462 e. The average Bonchev–Trinajstić information content (AvgIpc) is 3.04. The zero-order valence-electron chi connectivity index (χ0n) is 28.8. The van der Waals surface area contributed by atoms with Crippen molar-refractivity contribution in [2.75, 3.05) is 19.0 Å². The Morgan fingerprint density at radius 3 is 1.92 bits per heavy atom. The van der Waals surface area contributed by atoms with Gasteiger partial charge in [-0.1, -0.05) is 95.2 Å². The van der Waals surface area contributed by atoms with E-state index >= 15 is 0 Å². The SMILES string of the molecule is CCCCC/C=C/CCC(=O)OCC(CO[C@H]1O[C@H](CS(=O)(=O)O)[C@@H](O)C(O)C1O)OC(=O)CC/C=C/C/C=C/CCCCCCCC. The molecule has 1 aliphatic rings. The molecule has 0 aromatic rings. The third kappa shape index (κ3) is 21.8. The molecule has 0 aromatic heterocycles. The molecule has 1 fully saturated rings. The van der Waals surface area contributed by atoms with Crippen molar-refractivity contribution in [3.8, 4) is 0 Å². The summed E-state index contributed by atoms with van der Waals surface area (Å²) < 4.78 is 53.4. The number of hydrogen-bond acceptors (Lipinski definition) is 11. The molecule has 0 amide bonds. The summed E-state index contributed by atoms with van der Waals surface area (Å²) in [5, 5.41) is 30.6. The molecule has 278 valence electrons. The van der Waals surface area contributed by atoms with Gasteiger partial charge in [-0.05, 0) is 44.9 Å². The molecule has 0 spiro atoms. The van der Waals surface area contributed by atoms with E-state index in [-0.39, 0.29) is 19.4 Å². The van der Waals surface area contributed by atoms with Gasteiger partial charge in [0.25, 0.3) is 10.1 Å². The number of carbonyl (C=O) groups excluding carboxylic acids is 2. The van der Waals surface area contributed by atoms with Crippen LogP contribution in [0.15, 0.2) is 36.5 Å². The van der Waals surface area contributed by atoms with Crippen LogP contribution in [-0.2, 0) is 38.7 Å². The quantitative estimate of drug-likeness (QED) is 0.0384. The molecule has 0 aromatic carbocycles. The lowest BCUT2D eigenvalue weighted by Gasteiger charge is -2.40. The van der Waals surface area contributed by atoms with Gasteiger partial charge >= 0.3 is 11.9 Å². The summed E-state index contributed by atoms with van der Waals surface area (Å²) in [7, 11) is -4.60. The van der Waals surface area contributed by atoms with E-state index in [0.717, 1.165) is 38.5 Å². The maximum Gasteiger partial charge on any atom is 0.306 e. The van der Waals surface area contributed by atoms with Crippen molar-refractivity contribution < 1.29 is 56.8 Å². The molecule has 12 nitrogen and oxygen atoms in total. The summed E-state index contributed by atoms with van der Waals surface area (Å²) in [5.41, 5.74) is 0. The van der Waals surface area contributed by atoms with Gasteiger partial charge in [0, 0.05) is 12.8 Å². The Kier molecular flexibility index (Phi) is 24.4. The molecule has 3 unspecified atom stereocenters. The molecule has 1 saturated heterocycles. The van der Waals surface area contributed by atoms with Gasteiger partial charge in [0.05, 0.1) is 6.61 Å². The van der Waals surface area contributed by atoms with Crippen LogP contribution in [-0.4, -0.2) is 96.0 Å². The van der Waals surface area contributed by atoms with Gasteiger partial charge < -0.3 is 34.3 Å². The third-order valence-corrected chi connectivity index (χ3v) is 8.47. The summed E-state index contributed by atoms with van der Waals surface area (Å²) in [6.45, 7) is 3.54.